The van der Waals surface area contributed by atoms with Crippen molar-refractivity contribution in [2.45, 2.75) is 32.3 Å². The van der Waals surface area contributed by atoms with Gasteiger partial charge in [0.2, 0.25) is 5.91 Å². The molecule has 2 rings (SSSR count). The largest absolute Gasteiger partial charge is 0.372 e. The average molecular weight is 273 g/mol. The van der Waals surface area contributed by atoms with Gasteiger partial charge >= 0.3 is 0 Å². The van der Waals surface area contributed by atoms with Crippen LogP contribution in [0.1, 0.15) is 25.3 Å². The molecule has 3 nitrogen and oxygen atoms in total. The number of amides is 1. The van der Waals surface area contributed by atoms with Gasteiger partial charge in [0.05, 0.1) is 19.1 Å². The summed E-state index contributed by atoms with van der Waals surface area (Å²) in [6.45, 7) is 4.21. The number of piperidine rings is 1. The number of ether oxygens (including phenoxy) is 1. The summed E-state index contributed by atoms with van der Waals surface area (Å²) in [6, 6.07) is 9.92. The predicted octanol–water partition coefficient (Wildman–Crippen LogP) is 2.81. The van der Waals surface area contributed by atoms with E-state index in [4.69, 9.17) is 4.74 Å². The Balaban J connectivity index is 1.83. The molecule has 1 unspecified atom stereocenters. The second-order valence-electron chi connectivity index (χ2n) is 5.17. The van der Waals surface area contributed by atoms with Gasteiger partial charge in [-0.15, -0.1) is 0 Å². The first-order valence-electron chi connectivity index (χ1n) is 7.34. The Kier molecular flexibility index (Phi) is 5.81. The molecular weight excluding hydrogens is 250 g/mol. The van der Waals surface area contributed by atoms with Gasteiger partial charge in [-0.1, -0.05) is 42.5 Å². The maximum Gasteiger partial charge on any atom is 0.227 e. The molecule has 1 heterocycles. The molecule has 0 radical (unpaired) electrons. The third-order valence-corrected chi connectivity index (χ3v) is 3.59. The van der Waals surface area contributed by atoms with Crippen molar-refractivity contribution in [3.05, 3.63) is 48.0 Å². The van der Waals surface area contributed by atoms with Crippen molar-refractivity contribution in [2.75, 3.05) is 19.7 Å². The van der Waals surface area contributed by atoms with Crippen molar-refractivity contribution in [3.8, 4) is 0 Å². The molecule has 0 aliphatic carbocycles. The van der Waals surface area contributed by atoms with Crippen LogP contribution in [0.4, 0.5) is 0 Å². The summed E-state index contributed by atoms with van der Waals surface area (Å²) in [7, 11) is 0. The Bertz CT molecular complexity index is 442. The van der Waals surface area contributed by atoms with Crippen LogP contribution in [0, 0.1) is 0 Å². The van der Waals surface area contributed by atoms with Crippen molar-refractivity contribution >= 4 is 5.91 Å². The first-order chi connectivity index (χ1) is 9.79. The summed E-state index contributed by atoms with van der Waals surface area (Å²) >= 11 is 0. The van der Waals surface area contributed by atoms with Crippen molar-refractivity contribution in [3.63, 3.8) is 0 Å². The van der Waals surface area contributed by atoms with Gasteiger partial charge in [0.15, 0.2) is 0 Å². The molecule has 0 bridgehead atoms. The van der Waals surface area contributed by atoms with E-state index in [9.17, 15) is 4.79 Å². The molecule has 1 aliphatic rings. The van der Waals surface area contributed by atoms with E-state index in [2.05, 4.69) is 0 Å². The van der Waals surface area contributed by atoms with Gasteiger partial charge in [-0.25, -0.2) is 0 Å². The molecule has 20 heavy (non-hydrogen) atoms. The van der Waals surface area contributed by atoms with Crippen molar-refractivity contribution in [1.82, 2.24) is 4.90 Å². The van der Waals surface area contributed by atoms with Crippen LogP contribution in [0.25, 0.3) is 0 Å². The molecule has 1 aromatic carbocycles. The zero-order chi connectivity index (χ0) is 14.2. The number of nitrogens with zero attached hydrogens (tertiary/aromatic N) is 1. The molecule has 1 fully saturated rings. The van der Waals surface area contributed by atoms with Gasteiger partial charge in [0, 0.05) is 13.1 Å². The van der Waals surface area contributed by atoms with Crippen molar-refractivity contribution in [2.24, 2.45) is 0 Å². The third kappa shape index (κ3) is 4.49. The molecule has 1 atom stereocenters. The standard InChI is InChI=1S/C17H23NO2/c1-2-3-12-20-16-10-7-11-18(14-16)17(19)13-15-8-5-4-6-9-15/h2-6,8-9,16H,7,10-14H2,1H3/b3-2-. The summed E-state index contributed by atoms with van der Waals surface area (Å²) in [5.41, 5.74) is 1.08. The lowest BCUT2D eigenvalue weighted by Gasteiger charge is -2.32. The van der Waals surface area contributed by atoms with Crippen molar-refractivity contribution in [1.29, 1.82) is 0 Å². The van der Waals surface area contributed by atoms with E-state index in [1.165, 1.54) is 0 Å². The summed E-state index contributed by atoms with van der Waals surface area (Å²) in [6.07, 6.45) is 6.74. The minimum atomic E-state index is 0.180. The third-order valence-electron chi connectivity index (χ3n) is 3.59. The van der Waals surface area contributed by atoms with Gasteiger partial charge in [-0.3, -0.25) is 4.79 Å². The van der Waals surface area contributed by atoms with E-state index in [-0.39, 0.29) is 12.0 Å². The van der Waals surface area contributed by atoms with Gasteiger partial charge in [-0.05, 0) is 25.3 Å². The van der Waals surface area contributed by atoms with Crippen LogP contribution < -0.4 is 0 Å². The fourth-order valence-corrected chi connectivity index (χ4v) is 2.47. The number of hydrogen-bond donors (Lipinski definition) is 0. The van der Waals surface area contributed by atoms with Crippen LogP contribution in [0.5, 0.6) is 0 Å². The number of hydrogen-bond acceptors (Lipinski definition) is 2. The fraction of sp³-hybridized carbons (Fsp3) is 0.471. The zero-order valence-corrected chi connectivity index (χ0v) is 12.1. The second-order valence-corrected chi connectivity index (χ2v) is 5.17. The molecular formula is C17H23NO2. The van der Waals surface area contributed by atoms with Crippen LogP contribution in [0.2, 0.25) is 0 Å². The van der Waals surface area contributed by atoms with Crippen LogP contribution in [0.3, 0.4) is 0 Å². The summed E-state index contributed by atoms with van der Waals surface area (Å²) in [4.78, 5) is 14.2. The Hall–Kier alpha value is -1.61. The van der Waals surface area contributed by atoms with E-state index in [1.54, 1.807) is 0 Å². The van der Waals surface area contributed by atoms with Crippen LogP contribution in [0.15, 0.2) is 42.5 Å². The summed E-state index contributed by atoms with van der Waals surface area (Å²) in [5, 5.41) is 0. The number of benzene rings is 1. The number of rotatable bonds is 5. The van der Waals surface area contributed by atoms with E-state index >= 15 is 0 Å². The highest BCUT2D eigenvalue weighted by atomic mass is 16.5. The van der Waals surface area contributed by atoms with Gasteiger partial charge in [0.1, 0.15) is 0 Å². The van der Waals surface area contributed by atoms with Crippen LogP contribution in [-0.4, -0.2) is 36.6 Å². The molecule has 108 valence electrons. The maximum absolute atomic E-state index is 12.3. The SMILES string of the molecule is C/C=C\COC1CCCN(C(=O)Cc2ccccc2)C1. The molecule has 1 saturated heterocycles. The molecule has 0 N–H and O–H groups in total. The van der Waals surface area contributed by atoms with Crippen molar-refractivity contribution < 1.29 is 9.53 Å². The molecule has 3 heteroatoms. The van der Waals surface area contributed by atoms with E-state index in [0.29, 0.717) is 13.0 Å². The number of carbonyl (C=O) groups is 1. The predicted molar refractivity (Wildman–Crippen MR) is 80.5 cm³/mol. The molecule has 1 aromatic rings. The average Bonchev–Trinajstić information content (AvgIpc) is 2.49. The smallest absolute Gasteiger partial charge is 0.227 e. The number of allylic oxidation sites excluding steroid dienone is 1. The minimum Gasteiger partial charge on any atom is -0.372 e. The summed E-state index contributed by atoms with van der Waals surface area (Å²) < 4.78 is 5.77. The van der Waals surface area contributed by atoms with Gasteiger partial charge in [0.25, 0.3) is 0 Å². The molecule has 1 aliphatic heterocycles. The summed E-state index contributed by atoms with van der Waals surface area (Å²) in [5.74, 6) is 0.204. The van der Waals surface area contributed by atoms with Gasteiger partial charge in [-0.2, -0.15) is 0 Å². The van der Waals surface area contributed by atoms with Crippen LogP contribution >= 0.6 is 0 Å². The van der Waals surface area contributed by atoms with Crippen LogP contribution in [-0.2, 0) is 16.0 Å². The van der Waals surface area contributed by atoms with E-state index in [1.807, 2.05) is 54.3 Å². The first-order valence-corrected chi connectivity index (χ1v) is 7.34. The lowest BCUT2D eigenvalue weighted by molar-refractivity contribution is -0.134. The fourth-order valence-electron chi connectivity index (χ4n) is 2.47. The topological polar surface area (TPSA) is 29.5 Å². The number of carbonyl (C=O) groups excluding carboxylic acids is 1. The zero-order valence-electron chi connectivity index (χ0n) is 12.1. The highest BCUT2D eigenvalue weighted by Gasteiger charge is 2.23. The normalized spacial score (nSPS) is 19.4. The highest BCUT2D eigenvalue weighted by Crippen LogP contribution is 2.15. The molecule has 0 aromatic heterocycles. The second kappa shape index (κ2) is 7.85. The first kappa shape index (κ1) is 14.8. The Morgan fingerprint density at radius 2 is 2.20 bits per heavy atom. The Morgan fingerprint density at radius 3 is 2.95 bits per heavy atom. The van der Waals surface area contributed by atoms with E-state index in [0.717, 1.165) is 31.5 Å². The molecule has 0 spiro atoms. The maximum atomic E-state index is 12.3. The van der Waals surface area contributed by atoms with E-state index < -0.39 is 0 Å². The van der Waals surface area contributed by atoms with Gasteiger partial charge < -0.3 is 9.64 Å². The Morgan fingerprint density at radius 1 is 1.40 bits per heavy atom. The quantitative estimate of drug-likeness (QED) is 0.772. The lowest BCUT2D eigenvalue weighted by Crippen LogP contribution is -2.43. The number of likely N-dealkylation sites (tertiary alicyclic amines) is 1. The lowest BCUT2D eigenvalue weighted by atomic mass is 10.1. The Labute approximate surface area is 121 Å². The molecule has 1 amide bonds. The minimum absolute atomic E-state index is 0.180. The highest BCUT2D eigenvalue weighted by molar-refractivity contribution is 5.78. The monoisotopic (exact) mass is 273 g/mol. The molecule has 0 saturated carbocycles.